The first-order valence-corrected chi connectivity index (χ1v) is 31.3. The third kappa shape index (κ3) is 45.0. The van der Waals surface area contributed by atoms with Crippen LogP contribution in [0, 0.1) is 11.3 Å². The van der Waals surface area contributed by atoms with Gasteiger partial charge in [-0.15, -0.1) is 0 Å². The maximum absolute atomic E-state index is 12.5. The lowest BCUT2D eigenvalue weighted by Crippen LogP contribution is -2.40. The van der Waals surface area contributed by atoms with Crippen molar-refractivity contribution in [3.63, 3.8) is 0 Å². The van der Waals surface area contributed by atoms with E-state index in [1.54, 1.807) is 0 Å². The first-order chi connectivity index (χ1) is 34.1. The number of unbranched alkanes of at least 4 members (excludes halogenated alkanes) is 48. The summed E-state index contributed by atoms with van der Waals surface area (Å²) in [6.07, 6.45) is 75.7. The molecule has 0 bridgehead atoms. The normalized spacial score (nSPS) is 15.4. The van der Waals surface area contributed by atoms with Gasteiger partial charge in [0.25, 0.3) is 0 Å². The quantitative estimate of drug-likeness (QED) is 0.0358. The number of carbonyl (C=O) groups excluding carboxylic acids is 2. The molecule has 0 aliphatic carbocycles. The van der Waals surface area contributed by atoms with Crippen LogP contribution in [0.15, 0.2) is 12.2 Å². The van der Waals surface area contributed by atoms with Crippen molar-refractivity contribution in [2.24, 2.45) is 11.3 Å². The summed E-state index contributed by atoms with van der Waals surface area (Å²) in [7, 11) is 0. The van der Waals surface area contributed by atoms with Gasteiger partial charge in [0, 0.05) is 0 Å². The Morgan fingerprint density at radius 3 is 0.899 bits per heavy atom. The van der Waals surface area contributed by atoms with Crippen molar-refractivity contribution in [1.29, 1.82) is 0 Å². The molecule has 0 amide bonds. The van der Waals surface area contributed by atoms with E-state index >= 15 is 0 Å². The van der Waals surface area contributed by atoms with Gasteiger partial charge in [-0.3, -0.25) is 9.59 Å². The Kier molecular flexibility index (Phi) is 50.3. The number of hydrogen-bond donors (Lipinski definition) is 2. The van der Waals surface area contributed by atoms with Gasteiger partial charge in [-0.25, -0.2) is 0 Å². The van der Waals surface area contributed by atoms with E-state index in [4.69, 9.17) is 9.47 Å². The average molecular weight is 974 g/mol. The van der Waals surface area contributed by atoms with Crippen LogP contribution < -0.4 is 0 Å². The average Bonchev–Trinajstić information content (AvgIpc) is 3.41. The molecule has 6 nitrogen and oxygen atoms in total. The Balaban J connectivity index is 1.69. The van der Waals surface area contributed by atoms with Gasteiger partial charge in [-0.1, -0.05) is 314 Å². The molecule has 0 aromatic carbocycles. The molecule has 0 aromatic rings. The van der Waals surface area contributed by atoms with Crippen molar-refractivity contribution in [3.8, 4) is 0 Å². The third-order valence-corrected chi connectivity index (χ3v) is 15.5. The number of aliphatic hydroxyl groups is 2. The standard InChI is InChI=1S/C63H120O6/c1-2-3-4-5-6-7-8-9-10-11-12-13-14-15-16-17-18-19-20-21-22-23-24-25-26-27-28-29-30-31-32-33-34-35-36-37-38-39-40-41-42-43-44-45-46-47-48-49-50-51-52-53-54-60-55-61(66)68-58-63(56-64,57-65)59-69-62(60)67/h40-41,60,64-65H,2-39,42-59H2,1H3/b41-40+. The molecule has 1 atom stereocenters. The molecule has 1 unspecified atom stereocenters. The van der Waals surface area contributed by atoms with E-state index in [1.807, 2.05) is 0 Å². The summed E-state index contributed by atoms with van der Waals surface area (Å²) in [6, 6.07) is 0. The summed E-state index contributed by atoms with van der Waals surface area (Å²) in [5, 5.41) is 19.2. The van der Waals surface area contributed by atoms with E-state index in [2.05, 4.69) is 19.1 Å². The predicted molar refractivity (Wildman–Crippen MR) is 297 cm³/mol. The fraction of sp³-hybridized carbons (Fsp3) is 0.937. The minimum atomic E-state index is -1.12. The summed E-state index contributed by atoms with van der Waals surface area (Å²) < 4.78 is 10.6. The van der Waals surface area contributed by atoms with Crippen molar-refractivity contribution >= 4 is 11.9 Å². The number of hydrogen-bond acceptors (Lipinski definition) is 6. The molecule has 69 heavy (non-hydrogen) atoms. The molecule has 0 radical (unpaired) electrons. The Hall–Kier alpha value is -1.40. The van der Waals surface area contributed by atoms with Crippen molar-refractivity contribution < 1.29 is 29.3 Å². The molecule has 1 aliphatic heterocycles. The zero-order valence-electron chi connectivity index (χ0n) is 46.4. The Morgan fingerprint density at radius 1 is 0.377 bits per heavy atom. The molecule has 1 rings (SSSR count). The molecule has 2 N–H and O–H groups in total. The maximum atomic E-state index is 12.5. The summed E-state index contributed by atoms with van der Waals surface area (Å²) >= 11 is 0. The van der Waals surface area contributed by atoms with Crippen LogP contribution >= 0.6 is 0 Å². The van der Waals surface area contributed by atoms with Crippen LogP contribution in [0.1, 0.15) is 341 Å². The van der Waals surface area contributed by atoms with E-state index in [9.17, 15) is 19.8 Å². The lowest BCUT2D eigenvalue weighted by atomic mass is 9.92. The van der Waals surface area contributed by atoms with Gasteiger partial charge < -0.3 is 19.7 Å². The first kappa shape index (κ1) is 65.6. The number of rotatable bonds is 54. The molecule has 0 spiro atoms. The van der Waals surface area contributed by atoms with E-state index < -0.39 is 36.5 Å². The van der Waals surface area contributed by atoms with Gasteiger partial charge in [-0.2, -0.15) is 0 Å². The summed E-state index contributed by atoms with van der Waals surface area (Å²) in [5.41, 5.74) is -1.12. The van der Waals surface area contributed by atoms with Crippen LogP contribution in [-0.4, -0.2) is 48.6 Å². The second kappa shape index (κ2) is 52.9. The molecule has 408 valence electrons. The molecule has 6 heteroatoms. The fourth-order valence-electron chi connectivity index (χ4n) is 10.4. The molecule has 1 heterocycles. The smallest absolute Gasteiger partial charge is 0.309 e. The minimum Gasteiger partial charge on any atom is -0.465 e. The Bertz CT molecular complexity index is 1090. The highest BCUT2D eigenvalue weighted by molar-refractivity contribution is 5.80. The van der Waals surface area contributed by atoms with E-state index in [-0.39, 0.29) is 19.6 Å². The lowest BCUT2D eigenvalue weighted by molar-refractivity contribution is -0.155. The zero-order chi connectivity index (χ0) is 49.7. The Labute approximate surface area is 430 Å². The van der Waals surface area contributed by atoms with Gasteiger partial charge in [-0.05, 0) is 32.1 Å². The number of allylic oxidation sites excluding steroid dienone is 2. The first-order valence-electron chi connectivity index (χ1n) is 31.3. The lowest BCUT2D eigenvalue weighted by Gasteiger charge is -2.27. The SMILES string of the molecule is CCCCCCCCCCCCCCCCCCCCCCCCCCCCCCCCCCCCCCC/C=C/CCCCCCCCCCCCCC1CC(=O)OCC(CO)(CO)COC1=O. The number of ether oxygens (including phenoxy) is 2. The van der Waals surface area contributed by atoms with Gasteiger partial charge in [0.15, 0.2) is 0 Å². The van der Waals surface area contributed by atoms with E-state index in [1.165, 1.54) is 302 Å². The molecule has 1 saturated heterocycles. The van der Waals surface area contributed by atoms with Crippen LogP contribution in [0.3, 0.4) is 0 Å². The van der Waals surface area contributed by atoms with Crippen molar-refractivity contribution in [1.82, 2.24) is 0 Å². The zero-order valence-corrected chi connectivity index (χ0v) is 46.4. The van der Waals surface area contributed by atoms with Crippen LogP contribution in [0.5, 0.6) is 0 Å². The monoisotopic (exact) mass is 973 g/mol. The molecule has 1 aliphatic rings. The summed E-state index contributed by atoms with van der Waals surface area (Å²) in [6.45, 7) is 1.20. The molecule has 0 saturated carbocycles. The fourth-order valence-corrected chi connectivity index (χ4v) is 10.4. The number of esters is 2. The highest BCUT2D eigenvalue weighted by Gasteiger charge is 2.36. The Morgan fingerprint density at radius 2 is 0.623 bits per heavy atom. The maximum Gasteiger partial charge on any atom is 0.309 e. The van der Waals surface area contributed by atoms with E-state index in [0.29, 0.717) is 6.42 Å². The summed E-state index contributed by atoms with van der Waals surface area (Å²) in [4.78, 5) is 24.7. The van der Waals surface area contributed by atoms with Gasteiger partial charge in [0.05, 0.1) is 31.0 Å². The molecular weight excluding hydrogens is 853 g/mol. The molecule has 1 fully saturated rings. The van der Waals surface area contributed by atoms with Crippen molar-refractivity contribution in [3.05, 3.63) is 12.2 Å². The third-order valence-electron chi connectivity index (χ3n) is 15.5. The summed E-state index contributed by atoms with van der Waals surface area (Å²) in [5.74, 6) is -1.41. The van der Waals surface area contributed by atoms with Crippen LogP contribution in [0.25, 0.3) is 0 Å². The van der Waals surface area contributed by atoms with Gasteiger partial charge in [0.2, 0.25) is 0 Å². The number of cyclic esters (lactones) is 2. The number of aliphatic hydroxyl groups excluding tert-OH is 2. The molecular formula is C63H120O6. The van der Waals surface area contributed by atoms with Crippen molar-refractivity contribution in [2.75, 3.05) is 26.4 Å². The second-order valence-corrected chi connectivity index (χ2v) is 22.4. The largest absolute Gasteiger partial charge is 0.465 e. The van der Waals surface area contributed by atoms with Crippen LogP contribution in [0.2, 0.25) is 0 Å². The van der Waals surface area contributed by atoms with Gasteiger partial charge >= 0.3 is 11.9 Å². The van der Waals surface area contributed by atoms with Gasteiger partial charge in [0.1, 0.15) is 13.2 Å². The second-order valence-electron chi connectivity index (χ2n) is 22.4. The van der Waals surface area contributed by atoms with Crippen molar-refractivity contribution in [2.45, 2.75) is 341 Å². The van der Waals surface area contributed by atoms with Crippen LogP contribution in [0.4, 0.5) is 0 Å². The predicted octanol–water partition coefficient (Wildman–Crippen LogP) is 19.5. The molecule has 0 aromatic heterocycles. The highest BCUT2D eigenvalue weighted by atomic mass is 16.6. The number of carbonyl (C=O) groups is 2. The van der Waals surface area contributed by atoms with E-state index in [0.717, 1.165) is 19.3 Å². The van der Waals surface area contributed by atoms with Crippen LogP contribution in [-0.2, 0) is 19.1 Å². The highest BCUT2D eigenvalue weighted by Crippen LogP contribution is 2.25. The minimum absolute atomic E-state index is 0.00188. The topological polar surface area (TPSA) is 93.1 Å².